The average Bonchev–Trinajstić information content (AvgIpc) is 2.35. The van der Waals surface area contributed by atoms with Crippen molar-refractivity contribution in [1.82, 2.24) is 4.90 Å². The van der Waals surface area contributed by atoms with Gasteiger partial charge in [0.1, 0.15) is 5.60 Å². The number of carbonyl (C=O) groups is 1. The lowest BCUT2D eigenvalue weighted by atomic mass is 9.95. The zero-order valence-electron chi connectivity index (χ0n) is 11.7. The number of hydrogen-bond donors (Lipinski definition) is 1. The predicted molar refractivity (Wildman–Crippen MR) is 79.6 cm³/mol. The fourth-order valence-corrected chi connectivity index (χ4v) is 2.61. The van der Waals surface area contributed by atoms with Crippen LogP contribution in [-0.4, -0.2) is 28.4 Å². The molecule has 0 bridgehead atoms. The molecule has 1 aliphatic heterocycles. The predicted octanol–water partition coefficient (Wildman–Crippen LogP) is 3.28. The molecule has 0 unspecified atom stereocenters. The van der Waals surface area contributed by atoms with Gasteiger partial charge in [0.05, 0.1) is 0 Å². The Morgan fingerprint density at radius 1 is 1.37 bits per heavy atom. The lowest BCUT2D eigenvalue weighted by molar-refractivity contribution is 0.0143. The maximum atomic E-state index is 12.3. The average molecular weight is 279 g/mol. The SMILES string of the molecule is CC(C)(C)OC(=O)N1Cc2ccccc2C[C@H]1CS. The van der Waals surface area contributed by atoms with Crippen LogP contribution in [0.2, 0.25) is 0 Å². The van der Waals surface area contributed by atoms with Crippen LogP contribution >= 0.6 is 12.6 Å². The minimum Gasteiger partial charge on any atom is -0.444 e. The van der Waals surface area contributed by atoms with Crippen LogP contribution in [-0.2, 0) is 17.7 Å². The van der Waals surface area contributed by atoms with E-state index in [4.69, 9.17) is 4.74 Å². The van der Waals surface area contributed by atoms with Gasteiger partial charge in [0.25, 0.3) is 0 Å². The van der Waals surface area contributed by atoms with Crippen molar-refractivity contribution in [2.75, 3.05) is 5.75 Å². The van der Waals surface area contributed by atoms with E-state index in [1.165, 1.54) is 11.1 Å². The van der Waals surface area contributed by atoms with E-state index in [-0.39, 0.29) is 12.1 Å². The smallest absolute Gasteiger partial charge is 0.410 e. The monoisotopic (exact) mass is 279 g/mol. The summed E-state index contributed by atoms with van der Waals surface area (Å²) in [5.41, 5.74) is 2.04. The molecule has 3 nitrogen and oxygen atoms in total. The summed E-state index contributed by atoms with van der Waals surface area (Å²) in [5, 5.41) is 0. The number of carbonyl (C=O) groups excluding carboxylic acids is 1. The molecular formula is C15H21NO2S. The molecule has 4 heteroatoms. The van der Waals surface area contributed by atoms with E-state index < -0.39 is 5.60 Å². The quantitative estimate of drug-likeness (QED) is 0.799. The number of hydrogen-bond acceptors (Lipinski definition) is 3. The van der Waals surface area contributed by atoms with Crippen molar-refractivity contribution in [3.63, 3.8) is 0 Å². The van der Waals surface area contributed by atoms with Crippen LogP contribution in [0.3, 0.4) is 0 Å². The molecule has 1 aromatic carbocycles. The number of thiol groups is 1. The van der Waals surface area contributed by atoms with Gasteiger partial charge in [0.15, 0.2) is 0 Å². The fraction of sp³-hybridized carbons (Fsp3) is 0.533. The number of ether oxygens (including phenoxy) is 1. The van der Waals surface area contributed by atoms with E-state index in [1.807, 2.05) is 32.9 Å². The highest BCUT2D eigenvalue weighted by atomic mass is 32.1. The number of fused-ring (bicyclic) bond motifs is 1. The topological polar surface area (TPSA) is 29.5 Å². The summed E-state index contributed by atoms with van der Waals surface area (Å²) >= 11 is 4.37. The van der Waals surface area contributed by atoms with Crippen molar-refractivity contribution in [2.45, 2.75) is 45.4 Å². The van der Waals surface area contributed by atoms with E-state index >= 15 is 0 Å². The van der Waals surface area contributed by atoms with Crippen molar-refractivity contribution >= 4 is 18.7 Å². The number of rotatable bonds is 1. The van der Waals surface area contributed by atoms with E-state index in [0.717, 1.165) is 6.42 Å². The molecule has 1 atom stereocenters. The fourth-order valence-electron chi connectivity index (χ4n) is 2.28. The normalized spacial score (nSPS) is 18.9. The van der Waals surface area contributed by atoms with Crippen LogP contribution in [0.15, 0.2) is 24.3 Å². The van der Waals surface area contributed by atoms with Gasteiger partial charge in [-0.1, -0.05) is 24.3 Å². The first-order valence-corrected chi connectivity index (χ1v) is 7.21. The summed E-state index contributed by atoms with van der Waals surface area (Å²) in [7, 11) is 0. The van der Waals surface area contributed by atoms with Crippen LogP contribution in [0.5, 0.6) is 0 Å². The molecule has 0 radical (unpaired) electrons. The van der Waals surface area contributed by atoms with Crippen LogP contribution in [0.25, 0.3) is 0 Å². The molecule has 0 saturated heterocycles. The van der Waals surface area contributed by atoms with Crippen LogP contribution in [0.1, 0.15) is 31.9 Å². The first-order chi connectivity index (χ1) is 8.90. The van der Waals surface area contributed by atoms with Gasteiger partial charge >= 0.3 is 6.09 Å². The molecular weight excluding hydrogens is 258 g/mol. The highest BCUT2D eigenvalue weighted by Crippen LogP contribution is 2.25. The molecule has 0 N–H and O–H groups in total. The Bertz CT molecular complexity index is 467. The van der Waals surface area contributed by atoms with Gasteiger partial charge in [-0.15, -0.1) is 0 Å². The Morgan fingerprint density at radius 3 is 2.58 bits per heavy atom. The molecule has 1 aromatic rings. The summed E-state index contributed by atoms with van der Waals surface area (Å²) in [5.74, 6) is 0.646. The molecule has 0 aromatic heterocycles. The Balaban J connectivity index is 2.19. The van der Waals surface area contributed by atoms with Gasteiger partial charge in [-0.25, -0.2) is 4.79 Å². The third-order valence-corrected chi connectivity index (χ3v) is 3.62. The first kappa shape index (κ1) is 14.3. The molecule has 19 heavy (non-hydrogen) atoms. The minimum absolute atomic E-state index is 0.105. The zero-order valence-corrected chi connectivity index (χ0v) is 12.6. The summed E-state index contributed by atoms with van der Waals surface area (Å²) in [6.45, 7) is 6.27. The highest BCUT2D eigenvalue weighted by Gasteiger charge is 2.31. The molecule has 0 fully saturated rings. The second-order valence-electron chi connectivity index (χ2n) is 5.92. The molecule has 0 aliphatic carbocycles. The largest absolute Gasteiger partial charge is 0.444 e. The second kappa shape index (κ2) is 5.45. The van der Waals surface area contributed by atoms with E-state index in [2.05, 4.69) is 24.8 Å². The molecule has 104 valence electrons. The first-order valence-electron chi connectivity index (χ1n) is 6.58. The van der Waals surface area contributed by atoms with E-state index in [9.17, 15) is 4.79 Å². The maximum absolute atomic E-state index is 12.3. The highest BCUT2D eigenvalue weighted by molar-refractivity contribution is 7.80. The number of amides is 1. The summed E-state index contributed by atoms with van der Waals surface area (Å²) in [6, 6.07) is 8.35. The van der Waals surface area contributed by atoms with Crippen LogP contribution < -0.4 is 0 Å². The van der Waals surface area contributed by atoms with E-state index in [1.54, 1.807) is 4.90 Å². The summed E-state index contributed by atoms with van der Waals surface area (Å²) in [6.07, 6.45) is 0.597. The van der Waals surface area contributed by atoms with Crippen molar-refractivity contribution in [3.05, 3.63) is 35.4 Å². The Morgan fingerprint density at radius 2 is 2.00 bits per heavy atom. The van der Waals surface area contributed by atoms with Gasteiger partial charge in [-0.3, -0.25) is 4.90 Å². The number of benzene rings is 1. The van der Waals surface area contributed by atoms with E-state index in [0.29, 0.717) is 12.3 Å². The molecule has 0 saturated carbocycles. The van der Waals surface area contributed by atoms with Gasteiger partial charge < -0.3 is 4.74 Å². The third kappa shape index (κ3) is 3.44. The van der Waals surface area contributed by atoms with Gasteiger partial charge in [0.2, 0.25) is 0 Å². The van der Waals surface area contributed by atoms with Crippen LogP contribution in [0, 0.1) is 0 Å². The zero-order chi connectivity index (χ0) is 14.0. The molecule has 1 aliphatic rings. The third-order valence-electron chi connectivity index (χ3n) is 3.19. The minimum atomic E-state index is -0.463. The summed E-state index contributed by atoms with van der Waals surface area (Å²) < 4.78 is 5.48. The van der Waals surface area contributed by atoms with Crippen LogP contribution in [0.4, 0.5) is 4.79 Å². The molecule has 1 heterocycles. The van der Waals surface area contributed by atoms with Crippen molar-refractivity contribution in [1.29, 1.82) is 0 Å². The lowest BCUT2D eigenvalue weighted by Gasteiger charge is -2.37. The number of nitrogens with zero attached hydrogens (tertiary/aromatic N) is 1. The Hall–Kier alpha value is -1.16. The Labute approximate surface area is 120 Å². The van der Waals surface area contributed by atoms with Crippen molar-refractivity contribution in [2.24, 2.45) is 0 Å². The summed E-state index contributed by atoms with van der Waals surface area (Å²) in [4.78, 5) is 14.1. The van der Waals surface area contributed by atoms with Gasteiger partial charge in [-0.05, 0) is 38.3 Å². The Kier molecular flexibility index (Phi) is 4.09. The lowest BCUT2D eigenvalue weighted by Crippen LogP contribution is -2.47. The van der Waals surface area contributed by atoms with Crippen molar-refractivity contribution in [3.8, 4) is 0 Å². The second-order valence-corrected chi connectivity index (χ2v) is 6.28. The van der Waals surface area contributed by atoms with Gasteiger partial charge in [0, 0.05) is 18.3 Å². The molecule has 0 spiro atoms. The maximum Gasteiger partial charge on any atom is 0.410 e. The molecule has 1 amide bonds. The van der Waals surface area contributed by atoms with Crippen molar-refractivity contribution < 1.29 is 9.53 Å². The standard InChI is InChI=1S/C15H21NO2S/c1-15(2,3)18-14(17)16-9-12-7-5-4-6-11(12)8-13(16)10-19/h4-7,13,19H,8-10H2,1-3H3/t13-/m0/s1. The molecule has 2 rings (SSSR count). The van der Waals surface area contributed by atoms with Gasteiger partial charge in [-0.2, -0.15) is 12.6 Å².